The number of anilines is 2. The summed E-state index contributed by atoms with van der Waals surface area (Å²) in [6.07, 6.45) is 0. The van der Waals surface area contributed by atoms with Gasteiger partial charge in [0.05, 0.1) is 30.2 Å². The van der Waals surface area contributed by atoms with Crippen LogP contribution in [0.2, 0.25) is 0 Å². The zero-order chi connectivity index (χ0) is 18.7. The number of rotatable bonds is 6. The van der Waals surface area contributed by atoms with Crippen molar-refractivity contribution in [2.24, 2.45) is 0 Å². The molecule has 0 spiro atoms. The molecule has 0 saturated heterocycles. The number of aryl methyl sites for hydroxylation is 1. The highest BCUT2D eigenvalue weighted by atomic mass is 19.1. The van der Waals surface area contributed by atoms with Crippen LogP contribution in [-0.4, -0.2) is 30.1 Å². The molecule has 0 saturated carbocycles. The Morgan fingerprint density at radius 2 is 2.12 bits per heavy atom. The van der Waals surface area contributed by atoms with Crippen molar-refractivity contribution in [2.75, 3.05) is 18.5 Å². The summed E-state index contributed by atoms with van der Waals surface area (Å²) in [4.78, 5) is 29.2. The van der Waals surface area contributed by atoms with Gasteiger partial charge in [-0.1, -0.05) is 6.07 Å². The average molecular weight is 359 g/mol. The molecule has 0 fully saturated rings. The third kappa shape index (κ3) is 3.66. The molecule has 0 radical (unpaired) electrons. The molecule has 1 aliphatic rings. The van der Waals surface area contributed by atoms with Crippen molar-refractivity contribution < 1.29 is 23.9 Å². The Hall–Kier alpha value is -2.97. The lowest BCUT2D eigenvalue weighted by atomic mass is 10.0. The summed E-state index contributed by atoms with van der Waals surface area (Å²) in [6.45, 7) is 1.77. The minimum absolute atomic E-state index is 0.0634. The molecule has 8 heteroatoms. The Balaban J connectivity index is 1.97. The summed E-state index contributed by atoms with van der Waals surface area (Å²) < 4.78 is 14.2. The number of carbonyl (C=O) groups excluding carboxylic acids is 2. The molecule has 4 N–H and O–H groups in total. The lowest BCUT2D eigenvalue weighted by molar-refractivity contribution is 0.0169. The number of aliphatic hydroxyl groups excluding tert-OH is 1. The van der Waals surface area contributed by atoms with Gasteiger partial charge in [0.1, 0.15) is 5.82 Å². The molecule has 2 aromatic carbocycles. The summed E-state index contributed by atoms with van der Waals surface area (Å²) in [5.74, 6) is -1.30. The van der Waals surface area contributed by atoms with E-state index in [2.05, 4.69) is 16.1 Å². The maximum atomic E-state index is 14.2. The Kier molecular flexibility index (Phi) is 5.15. The Morgan fingerprint density at radius 1 is 1.31 bits per heavy atom. The largest absolute Gasteiger partial charge is 0.394 e. The van der Waals surface area contributed by atoms with Crippen molar-refractivity contribution in [3.63, 3.8) is 0 Å². The van der Waals surface area contributed by atoms with Crippen molar-refractivity contribution in [3.8, 4) is 0 Å². The zero-order valence-electron chi connectivity index (χ0n) is 14.1. The van der Waals surface area contributed by atoms with E-state index < -0.39 is 11.7 Å². The van der Waals surface area contributed by atoms with Crippen LogP contribution in [0.5, 0.6) is 0 Å². The van der Waals surface area contributed by atoms with Crippen molar-refractivity contribution in [3.05, 3.63) is 58.4 Å². The number of halogens is 1. The highest BCUT2D eigenvalue weighted by Gasteiger charge is 2.24. The van der Waals surface area contributed by atoms with Crippen molar-refractivity contribution in [1.29, 1.82) is 0 Å². The van der Waals surface area contributed by atoms with Crippen molar-refractivity contribution in [2.45, 2.75) is 13.5 Å². The quantitative estimate of drug-likeness (QED) is 0.465. The van der Waals surface area contributed by atoms with E-state index in [0.29, 0.717) is 17.7 Å². The monoisotopic (exact) mass is 359 g/mol. The van der Waals surface area contributed by atoms with Crippen molar-refractivity contribution >= 4 is 23.2 Å². The minimum Gasteiger partial charge on any atom is -0.394 e. The third-order valence-corrected chi connectivity index (χ3v) is 3.92. The van der Waals surface area contributed by atoms with Crippen LogP contribution in [0.3, 0.4) is 0 Å². The average Bonchev–Trinajstić information content (AvgIpc) is 2.97. The van der Waals surface area contributed by atoms with Gasteiger partial charge >= 0.3 is 0 Å². The number of hydrogen-bond acceptors (Lipinski definition) is 5. The molecule has 2 amide bonds. The standard InChI is InChI=1S/C18H18FN3O4/c1-10-2-3-15(14(19)6-10)21-16-8-12-11(9-20-17(12)24)7-13(16)18(25)22-26-5-4-23/h2-3,6-8,21,23H,4-5,9H2,1H3,(H,20,24)(H,22,25). The van der Waals surface area contributed by atoms with Crippen LogP contribution >= 0.6 is 0 Å². The molecule has 0 aliphatic carbocycles. The Labute approximate surface area is 149 Å². The molecular weight excluding hydrogens is 341 g/mol. The van der Waals surface area contributed by atoms with E-state index in [-0.39, 0.29) is 36.1 Å². The van der Waals surface area contributed by atoms with E-state index in [1.54, 1.807) is 25.1 Å². The lowest BCUT2D eigenvalue weighted by Gasteiger charge is -2.14. The normalized spacial score (nSPS) is 12.5. The van der Waals surface area contributed by atoms with Gasteiger partial charge in [-0.05, 0) is 42.3 Å². The number of nitrogens with one attached hydrogen (secondary N) is 3. The molecule has 136 valence electrons. The second-order valence-electron chi connectivity index (χ2n) is 5.85. The smallest absolute Gasteiger partial charge is 0.276 e. The molecule has 2 aromatic rings. The SMILES string of the molecule is Cc1ccc(Nc2cc3c(cc2C(=O)NOCCO)CNC3=O)c(F)c1. The maximum Gasteiger partial charge on any atom is 0.276 e. The third-order valence-electron chi connectivity index (χ3n) is 3.92. The van der Waals surface area contributed by atoms with E-state index in [0.717, 1.165) is 5.56 Å². The van der Waals surface area contributed by atoms with Gasteiger partial charge in [-0.15, -0.1) is 0 Å². The molecule has 3 rings (SSSR count). The van der Waals surface area contributed by atoms with E-state index in [1.165, 1.54) is 12.1 Å². The molecule has 0 atom stereocenters. The van der Waals surface area contributed by atoms with Gasteiger partial charge in [-0.3, -0.25) is 14.4 Å². The van der Waals surface area contributed by atoms with Gasteiger partial charge in [-0.25, -0.2) is 9.87 Å². The number of amides is 2. The van der Waals surface area contributed by atoms with Crippen LogP contribution < -0.4 is 16.1 Å². The summed E-state index contributed by atoms with van der Waals surface area (Å²) in [5, 5.41) is 14.3. The first-order valence-electron chi connectivity index (χ1n) is 8.01. The number of carbonyl (C=O) groups is 2. The fraction of sp³-hybridized carbons (Fsp3) is 0.222. The van der Waals surface area contributed by atoms with E-state index in [9.17, 15) is 14.0 Å². The van der Waals surface area contributed by atoms with Crippen LogP contribution in [0.25, 0.3) is 0 Å². The number of hydroxylamine groups is 1. The highest BCUT2D eigenvalue weighted by Crippen LogP contribution is 2.29. The topological polar surface area (TPSA) is 99.7 Å². The highest BCUT2D eigenvalue weighted by molar-refractivity contribution is 6.05. The van der Waals surface area contributed by atoms with E-state index in [1.807, 2.05) is 0 Å². The Morgan fingerprint density at radius 3 is 2.85 bits per heavy atom. The summed E-state index contributed by atoms with van der Waals surface area (Å²) >= 11 is 0. The maximum absolute atomic E-state index is 14.2. The fourth-order valence-corrected chi connectivity index (χ4v) is 2.65. The Bertz CT molecular complexity index is 870. The number of benzene rings is 2. The van der Waals surface area contributed by atoms with E-state index in [4.69, 9.17) is 9.94 Å². The molecule has 0 bridgehead atoms. The molecule has 1 aliphatic heterocycles. The summed E-state index contributed by atoms with van der Waals surface area (Å²) in [6, 6.07) is 7.72. The van der Waals surface area contributed by atoms with Gasteiger partial charge in [-0.2, -0.15) is 0 Å². The van der Waals surface area contributed by atoms with Crippen molar-refractivity contribution in [1.82, 2.24) is 10.8 Å². The molecule has 7 nitrogen and oxygen atoms in total. The first-order chi connectivity index (χ1) is 12.5. The van der Waals surface area contributed by atoms with Gasteiger partial charge in [0.2, 0.25) is 0 Å². The summed E-state index contributed by atoms with van der Waals surface area (Å²) in [7, 11) is 0. The molecule has 0 aromatic heterocycles. The van der Waals surface area contributed by atoms with Crippen LogP contribution in [0.1, 0.15) is 31.8 Å². The zero-order valence-corrected chi connectivity index (χ0v) is 14.1. The minimum atomic E-state index is -0.574. The fourth-order valence-electron chi connectivity index (χ4n) is 2.65. The number of hydrogen-bond donors (Lipinski definition) is 4. The van der Waals surface area contributed by atoms with Crippen LogP contribution in [0.15, 0.2) is 30.3 Å². The summed E-state index contributed by atoms with van der Waals surface area (Å²) in [5.41, 5.74) is 4.71. The molecule has 0 unspecified atom stereocenters. The van der Waals surface area contributed by atoms with Gasteiger partial charge in [0.15, 0.2) is 0 Å². The van der Waals surface area contributed by atoms with Gasteiger partial charge < -0.3 is 15.7 Å². The van der Waals surface area contributed by atoms with Crippen LogP contribution in [0, 0.1) is 12.7 Å². The van der Waals surface area contributed by atoms with Gasteiger partial charge in [0, 0.05) is 12.1 Å². The van der Waals surface area contributed by atoms with E-state index >= 15 is 0 Å². The second kappa shape index (κ2) is 7.51. The first-order valence-corrected chi connectivity index (χ1v) is 8.01. The second-order valence-corrected chi connectivity index (χ2v) is 5.85. The molecular formula is C18H18FN3O4. The number of fused-ring (bicyclic) bond motifs is 1. The molecule has 1 heterocycles. The first kappa shape index (κ1) is 17.8. The van der Waals surface area contributed by atoms with Gasteiger partial charge in [0.25, 0.3) is 11.8 Å². The predicted octanol–water partition coefficient (Wildman–Crippen LogP) is 1.77. The van der Waals surface area contributed by atoms with Crippen LogP contribution in [0.4, 0.5) is 15.8 Å². The van der Waals surface area contributed by atoms with Crippen LogP contribution in [-0.2, 0) is 11.4 Å². The predicted molar refractivity (Wildman–Crippen MR) is 92.5 cm³/mol. The number of aliphatic hydroxyl groups is 1. The molecule has 26 heavy (non-hydrogen) atoms. The lowest BCUT2D eigenvalue weighted by Crippen LogP contribution is -2.26.